The van der Waals surface area contributed by atoms with Gasteiger partial charge in [0.1, 0.15) is 0 Å². The Hall–Kier alpha value is -2.49. The van der Waals surface area contributed by atoms with Crippen molar-refractivity contribution in [3.05, 3.63) is 66.2 Å². The molecule has 0 aliphatic carbocycles. The van der Waals surface area contributed by atoms with Crippen LogP contribution in [0.15, 0.2) is 48.5 Å². The predicted octanol–water partition coefficient (Wildman–Crippen LogP) is 5.25. The van der Waals surface area contributed by atoms with E-state index in [9.17, 15) is 4.79 Å². The third kappa shape index (κ3) is 14.5. The Kier molecular flexibility index (Phi) is 18.2. The Morgan fingerprint density at radius 1 is 1.00 bits per heavy atom. The molecule has 0 amide bonds. The van der Waals surface area contributed by atoms with Gasteiger partial charge in [-0.2, -0.15) is 53.8 Å². The van der Waals surface area contributed by atoms with E-state index in [1.54, 1.807) is 24.3 Å². The summed E-state index contributed by atoms with van der Waals surface area (Å²) >= 11 is 2.31. The summed E-state index contributed by atoms with van der Waals surface area (Å²) in [6, 6.07) is 22.2. The first kappa shape index (κ1) is 27.5. The fourth-order valence-corrected chi connectivity index (χ4v) is 2.16. The van der Waals surface area contributed by atoms with E-state index in [1.807, 2.05) is 44.2 Å². The van der Waals surface area contributed by atoms with E-state index >= 15 is 0 Å². The SMILES string of the molecule is CCC(C)C(=O)OCCCCCCOc1cc[c-]cc1.N#Cc1cc[c-]cc1.[O]=[Co]. The first-order valence-electron chi connectivity index (χ1n) is 9.92. The summed E-state index contributed by atoms with van der Waals surface area (Å²) in [5.41, 5.74) is 0.684. The number of unbranched alkanes of at least 4 members (excludes halogenated alkanes) is 3. The van der Waals surface area contributed by atoms with Gasteiger partial charge < -0.3 is 9.47 Å². The van der Waals surface area contributed by atoms with E-state index in [-0.39, 0.29) is 11.9 Å². The van der Waals surface area contributed by atoms with Gasteiger partial charge >= 0.3 is 25.5 Å². The number of nitriles is 1. The van der Waals surface area contributed by atoms with Crippen molar-refractivity contribution in [1.82, 2.24) is 0 Å². The molecule has 1 unspecified atom stereocenters. The number of benzene rings is 2. The van der Waals surface area contributed by atoms with Crippen molar-refractivity contribution < 1.29 is 33.8 Å². The zero-order valence-corrected chi connectivity index (χ0v) is 18.6. The second-order valence-electron chi connectivity index (χ2n) is 6.38. The summed E-state index contributed by atoms with van der Waals surface area (Å²) in [6.45, 7) is 5.17. The van der Waals surface area contributed by atoms with Crippen molar-refractivity contribution in [2.45, 2.75) is 46.0 Å². The normalized spacial score (nSPS) is 10.2. The fraction of sp³-hybridized carbons (Fsp3) is 0.417. The summed E-state index contributed by atoms with van der Waals surface area (Å²) in [5.74, 6) is 0.842. The second-order valence-corrected chi connectivity index (χ2v) is 6.38. The summed E-state index contributed by atoms with van der Waals surface area (Å²) in [4.78, 5) is 11.4. The van der Waals surface area contributed by atoms with Gasteiger partial charge in [0.2, 0.25) is 0 Å². The van der Waals surface area contributed by atoms with Gasteiger partial charge in [-0.15, -0.1) is 12.1 Å². The zero-order chi connectivity index (χ0) is 22.5. The first-order valence-corrected chi connectivity index (χ1v) is 10.3. The molecule has 2 rings (SSSR count). The predicted molar refractivity (Wildman–Crippen MR) is 110 cm³/mol. The summed E-state index contributed by atoms with van der Waals surface area (Å²) in [6.07, 6.45) is 4.97. The van der Waals surface area contributed by atoms with Gasteiger partial charge in [0.25, 0.3) is 0 Å². The van der Waals surface area contributed by atoms with Crippen LogP contribution in [-0.4, -0.2) is 19.2 Å². The van der Waals surface area contributed by atoms with Gasteiger partial charge in [0.05, 0.1) is 25.2 Å². The van der Waals surface area contributed by atoms with E-state index in [4.69, 9.17) is 18.6 Å². The number of carbonyl (C=O) groups is 1. The molecule has 0 spiro atoms. The number of nitrogens with zero attached hydrogens (tertiary/aromatic N) is 1. The monoisotopic (exact) mass is 454 g/mol. The molecule has 0 aromatic heterocycles. The van der Waals surface area contributed by atoms with Crippen molar-refractivity contribution in [3.8, 4) is 11.8 Å². The van der Waals surface area contributed by atoms with E-state index in [0.717, 1.165) is 44.5 Å². The van der Waals surface area contributed by atoms with Crippen LogP contribution in [0.1, 0.15) is 51.5 Å². The maximum absolute atomic E-state index is 11.4. The van der Waals surface area contributed by atoms with Crippen LogP contribution in [0.5, 0.6) is 5.75 Å². The third-order valence-electron chi connectivity index (χ3n) is 4.10. The van der Waals surface area contributed by atoms with Gasteiger partial charge in [0, 0.05) is 5.75 Å². The zero-order valence-electron chi connectivity index (χ0n) is 17.6. The molecular weight excluding hydrogens is 425 g/mol. The van der Waals surface area contributed by atoms with Crippen LogP contribution in [0.3, 0.4) is 0 Å². The molecule has 1 atom stereocenters. The molecule has 2 aromatic carbocycles. The molecule has 0 bridgehead atoms. The van der Waals surface area contributed by atoms with Crippen LogP contribution in [0.4, 0.5) is 0 Å². The van der Waals surface area contributed by atoms with E-state index < -0.39 is 0 Å². The molecule has 0 heterocycles. The molecule has 0 saturated carbocycles. The number of carbonyl (C=O) groups excluding carboxylic acids is 1. The Balaban J connectivity index is 0.000000696. The Morgan fingerprint density at radius 2 is 1.53 bits per heavy atom. The fourth-order valence-electron chi connectivity index (χ4n) is 2.16. The van der Waals surface area contributed by atoms with E-state index in [2.05, 4.69) is 27.8 Å². The molecule has 2 aromatic rings. The molecule has 165 valence electrons. The number of hydrogen-bond donors (Lipinski definition) is 0. The molecule has 0 N–H and O–H groups in total. The van der Waals surface area contributed by atoms with Crippen LogP contribution in [0.25, 0.3) is 0 Å². The first-order chi connectivity index (χ1) is 14.7. The minimum atomic E-state index is -0.0725. The minimum absolute atomic E-state index is 0.0199. The Labute approximate surface area is 188 Å². The van der Waals surface area contributed by atoms with E-state index in [0.29, 0.717) is 12.2 Å². The Bertz CT molecular complexity index is 704. The van der Waals surface area contributed by atoms with Crippen molar-refractivity contribution in [1.29, 1.82) is 5.26 Å². The molecule has 30 heavy (non-hydrogen) atoms. The molecule has 0 fully saturated rings. The third-order valence-corrected chi connectivity index (χ3v) is 4.10. The number of ether oxygens (including phenoxy) is 2. The van der Waals surface area contributed by atoms with Gasteiger partial charge in [-0.3, -0.25) is 4.79 Å². The van der Waals surface area contributed by atoms with Crippen molar-refractivity contribution in [3.63, 3.8) is 0 Å². The average molecular weight is 454 g/mol. The molecule has 0 radical (unpaired) electrons. The van der Waals surface area contributed by atoms with Gasteiger partial charge in [-0.1, -0.05) is 19.4 Å². The van der Waals surface area contributed by atoms with Crippen LogP contribution in [0, 0.1) is 29.4 Å². The van der Waals surface area contributed by atoms with Crippen molar-refractivity contribution in [2.75, 3.05) is 13.2 Å². The van der Waals surface area contributed by atoms with Crippen LogP contribution >= 0.6 is 0 Å². The van der Waals surface area contributed by atoms with Crippen molar-refractivity contribution >= 4 is 5.97 Å². The summed E-state index contributed by atoms with van der Waals surface area (Å²) < 4.78 is 18.7. The number of esters is 1. The average Bonchev–Trinajstić information content (AvgIpc) is 2.83. The van der Waals surface area contributed by atoms with Crippen LogP contribution in [-0.2, 0) is 29.1 Å². The van der Waals surface area contributed by atoms with Gasteiger partial charge in [0.15, 0.2) is 0 Å². The van der Waals surface area contributed by atoms with Crippen molar-refractivity contribution in [2.24, 2.45) is 5.92 Å². The van der Waals surface area contributed by atoms with Gasteiger partial charge in [-0.25, -0.2) is 0 Å². The molecule has 6 heteroatoms. The second kappa shape index (κ2) is 19.8. The van der Waals surface area contributed by atoms with Crippen LogP contribution in [0.2, 0.25) is 0 Å². The molecule has 0 aliphatic rings. The molecular formula is C24H29CoNO4-2. The van der Waals surface area contributed by atoms with Gasteiger partial charge in [-0.05, 0) is 32.1 Å². The standard InChI is InChI=1S/C17H25O3.C7H4N.Co.O/c1-3-15(2)17(18)20-14-10-5-4-9-13-19-16-11-7-6-8-12-16;8-6-7-4-2-1-3-5-7;;/h7-8,11-12,15H,3-5,9-10,13-14H2,1-2H3;2-5H;;/q2*-1;;. The Morgan fingerprint density at radius 3 is 2.03 bits per heavy atom. The maximum atomic E-state index is 11.4. The van der Waals surface area contributed by atoms with Crippen LogP contribution < -0.4 is 4.74 Å². The quantitative estimate of drug-likeness (QED) is 0.278. The molecule has 0 saturated heterocycles. The summed E-state index contributed by atoms with van der Waals surface area (Å²) in [5, 5.41) is 8.27. The number of rotatable bonds is 10. The number of hydrogen-bond acceptors (Lipinski definition) is 5. The van der Waals surface area contributed by atoms with E-state index in [1.165, 1.54) is 0 Å². The molecule has 0 aliphatic heterocycles. The topological polar surface area (TPSA) is 76.4 Å². The molecule has 5 nitrogen and oxygen atoms in total. The summed E-state index contributed by atoms with van der Waals surface area (Å²) in [7, 11) is 0.